The molecule has 1 fully saturated rings. The van der Waals surface area contributed by atoms with Crippen LogP contribution in [0.25, 0.3) is 0 Å². The summed E-state index contributed by atoms with van der Waals surface area (Å²) in [6.07, 6.45) is 2.41. The molecule has 0 bridgehead atoms. The maximum absolute atomic E-state index is 8.82. The molecular formula is C8H12N2OS. The van der Waals surface area contributed by atoms with E-state index in [1.54, 1.807) is 0 Å². The van der Waals surface area contributed by atoms with Crippen molar-refractivity contribution in [3.63, 3.8) is 0 Å². The van der Waals surface area contributed by atoms with Crippen LogP contribution in [0.4, 0.5) is 0 Å². The molecule has 66 valence electrons. The van der Waals surface area contributed by atoms with E-state index in [9.17, 15) is 0 Å². The predicted molar refractivity (Wildman–Crippen MR) is 48.0 cm³/mol. The molecule has 0 aliphatic carbocycles. The fourth-order valence-electron chi connectivity index (χ4n) is 1.49. The predicted octanol–water partition coefficient (Wildman–Crippen LogP) is 1.06. The summed E-state index contributed by atoms with van der Waals surface area (Å²) in [7, 11) is 0. The third-order valence-electron chi connectivity index (χ3n) is 2.12. The molecule has 0 amide bonds. The molecule has 2 rings (SSSR count). The standard InChI is InChI=1S/C8H12N2OS/c11-4-8-10-7(5-12-8)6-2-1-3-9-6/h5-6,9,11H,1-4H2/t6-/m1/s1. The number of nitrogens with zero attached hydrogens (tertiary/aromatic N) is 1. The van der Waals surface area contributed by atoms with Gasteiger partial charge in [-0.2, -0.15) is 0 Å². The van der Waals surface area contributed by atoms with E-state index in [1.165, 1.54) is 24.2 Å². The van der Waals surface area contributed by atoms with E-state index in [2.05, 4.69) is 10.3 Å². The quantitative estimate of drug-likeness (QED) is 0.722. The number of rotatable bonds is 2. The van der Waals surface area contributed by atoms with Crippen molar-refractivity contribution in [3.8, 4) is 0 Å². The Bertz CT molecular complexity index is 255. The van der Waals surface area contributed by atoms with Crippen LogP contribution in [0, 0.1) is 0 Å². The summed E-state index contributed by atoms with van der Waals surface area (Å²) >= 11 is 1.54. The van der Waals surface area contributed by atoms with Gasteiger partial charge in [-0.25, -0.2) is 4.98 Å². The summed E-state index contributed by atoms with van der Waals surface area (Å²) in [5.41, 5.74) is 1.10. The Balaban J connectivity index is 2.11. The average molecular weight is 184 g/mol. The first-order valence-corrected chi connectivity index (χ1v) is 5.06. The van der Waals surface area contributed by atoms with E-state index >= 15 is 0 Å². The zero-order chi connectivity index (χ0) is 8.39. The van der Waals surface area contributed by atoms with Crippen molar-refractivity contribution in [3.05, 3.63) is 16.1 Å². The van der Waals surface area contributed by atoms with Crippen LogP contribution < -0.4 is 5.32 Å². The van der Waals surface area contributed by atoms with Crippen molar-refractivity contribution in [1.29, 1.82) is 0 Å². The number of nitrogens with one attached hydrogen (secondary N) is 1. The number of thiazole rings is 1. The SMILES string of the molecule is OCc1nc([C@H]2CCCN2)cs1. The first-order chi connectivity index (χ1) is 5.90. The van der Waals surface area contributed by atoms with Crippen LogP contribution in [0.1, 0.15) is 29.6 Å². The highest BCUT2D eigenvalue weighted by atomic mass is 32.1. The van der Waals surface area contributed by atoms with Crippen LogP contribution in [0.15, 0.2) is 5.38 Å². The topological polar surface area (TPSA) is 45.2 Å². The van der Waals surface area contributed by atoms with Crippen LogP contribution in [0.5, 0.6) is 0 Å². The van der Waals surface area contributed by atoms with Crippen molar-refractivity contribution in [2.45, 2.75) is 25.5 Å². The molecule has 0 spiro atoms. The summed E-state index contributed by atoms with van der Waals surface area (Å²) in [6, 6.07) is 0.432. The molecule has 0 aromatic carbocycles. The van der Waals surface area contributed by atoms with Crippen molar-refractivity contribution >= 4 is 11.3 Å². The molecule has 1 aliphatic heterocycles. The number of aliphatic hydroxyl groups is 1. The maximum atomic E-state index is 8.82. The van der Waals surface area contributed by atoms with Gasteiger partial charge >= 0.3 is 0 Å². The highest BCUT2D eigenvalue weighted by Crippen LogP contribution is 2.24. The third kappa shape index (κ3) is 1.50. The van der Waals surface area contributed by atoms with Gasteiger partial charge in [0, 0.05) is 5.38 Å². The van der Waals surface area contributed by atoms with Crippen LogP contribution in [-0.2, 0) is 6.61 Å². The molecule has 1 aromatic rings. The molecule has 2 heterocycles. The van der Waals surface area contributed by atoms with Crippen molar-refractivity contribution in [1.82, 2.24) is 10.3 Å². The Morgan fingerprint density at radius 2 is 2.67 bits per heavy atom. The van der Waals surface area contributed by atoms with Gasteiger partial charge in [-0.05, 0) is 19.4 Å². The van der Waals surface area contributed by atoms with E-state index in [1.807, 2.05) is 5.38 Å². The van der Waals surface area contributed by atoms with E-state index in [4.69, 9.17) is 5.11 Å². The van der Waals surface area contributed by atoms with Crippen LogP contribution in [0.2, 0.25) is 0 Å². The van der Waals surface area contributed by atoms with Gasteiger partial charge in [-0.3, -0.25) is 0 Å². The maximum Gasteiger partial charge on any atom is 0.118 e. The molecular weight excluding hydrogens is 172 g/mol. The highest BCUT2D eigenvalue weighted by Gasteiger charge is 2.18. The zero-order valence-electron chi connectivity index (χ0n) is 6.79. The molecule has 1 aliphatic rings. The molecule has 4 heteroatoms. The van der Waals surface area contributed by atoms with Gasteiger partial charge in [0.1, 0.15) is 5.01 Å². The Morgan fingerprint density at radius 1 is 1.75 bits per heavy atom. The average Bonchev–Trinajstić information content (AvgIpc) is 2.75. The fourth-order valence-corrected chi connectivity index (χ4v) is 2.20. The summed E-state index contributed by atoms with van der Waals surface area (Å²) in [6.45, 7) is 1.16. The minimum Gasteiger partial charge on any atom is -0.389 e. The zero-order valence-corrected chi connectivity index (χ0v) is 7.60. The number of aliphatic hydroxyl groups excluding tert-OH is 1. The van der Waals surface area contributed by atoms with Gasteiger partial charge in [0.25, 0.3) is 0 Å². The number of aromatic nitrogens is 1. The van der Waals surface area contributed by atoms with Gasteiger partial charge < -0.3 is 10.4 Å². The Kier molecular flexibility index (Phi) is 2.39. The summed E-state index contributed by atoms with van der Waals surface area (Å²) in [5, 5.41) is 15.0. The monoisotopic (exact) mass is 184 g/mol. The molecule has 0 saturated carbocycles. The molecule has 0 radical (unpaired) electrons. The fraction of sp³-hybridized carbons (Fsp3) is 0.625. The summed E-state index contributed by atoms with van der Waals surface area (Å²) < 4.78 is 0. The molecule has 2 N–H and O–H groups in total. The second-order valence-electron chi connectivity index (χ2n) is 2.97. The normalized spacial score (nSPS) is 23.2. The lowest BCUT2D eigenvalue weighted by Crippen LogP contribution is -2.13. The van der Waals surface area contributed by atoms with Gasteiger partial charge in [-0.15, -0.1) is 11.3 Å². The minimum absolute atomic E-state index is 0.0669. The van der Waals surface area contributed by atoms with E-state index in [0.717, 1.165) is 17.2 Å². The Hall–Kier alpha value is -0.450. The molecule has 1 saturated heterocycles. The molecule has 1 aromatic heterocycles. The summed E-state index contributed by atoms with van der Waals surface area (Å²) in [4.78, 5) is 4.32. The van der Waals surface area contributed by atoms with Crippen LogP contribution >= 0.6 is 11.3 Å². The first kappa shape index (κ1) is 8.16. The lowest BCUT2D eigenvalue weighted by atomic mass is 10.2. The summed E-state index contributed by atoms with van der Waals surface area (Å²) in [5.74, 6) is 0. The van der Waals surface area contributed by atoms with Gasteiger partial charge in [-0.1, -0.05) is 0 Å². The van der Waals surface area contributed by atoms with E-state index in [0.29, 0.717) is 6.04 Å². The van der Waals surface area contributed by atoms with Gasteiger partial charge in [0.2, 0.25) is 0 Å². The van der Waals surface area contributed by atoms with E-state index in [-0.39, 0.29) is 6.61 Å². The number of hydrogen-bond acceptors (Lipinski definition) is 4. The Morgan fingerprint density at radius 3 is 3.25 bits per heavy atom. The molecule has 0 unspecified atom stereocenters. The lowest BCUT2D eigenvalue weighted by Gasteiger charge is -2.04. The van der Waals surface area contributed by atoms with Gasteiger partial charge in [0.05, 0.1) is 18.3 Å². The largest absolute Gasteiger partial charge is 0.389 e. The molecule has 12 heavy (non-hydrogen) atoms. The minimum atomic E-state index is 0.0669. The van der Waals surface area contributed by atoms with Gasteiger partial charge in [0.15, 0.2) is 0 Å². The van der Waals surface area contributed by atoms with Crippen LogP contribution in [0.3, 0.4) is 0 Å². The highest BCUT2D eigenvalue weighted by molar-refractivity contribution is 7.09. The second-order valence-corrected chi connectivity index (χ2v) is 3.92. The van der Waals surface area contributed by atoms with Crippen molar-refractivity contribution < 1.29 is 5.11 Å². The Labute approximate surface area is 75.5 Å². The first-order valence-electron chi connectivity index (χ1n) is 4.18. The van der Waals surface area contributed by atoms with Crippen LogP contribution in [-0.4, -0.2) is 16.6 Å². The third-order valence-corrected chi connectivity index (χ3v) is 2.97. The van der Waals surface area contributed by atoms with E-state index < -0.39 is 0 Å². The smallest absolute Gasteiger partial charge is 0.118 e. The molecule has 3 nitrogen and oxygen atoms in total. The second kappa shape index (κ2) is 3.51. The number of hydrogen-bond donors (Lipinski definition) is 2. The van der Waals surface area contributed by atoms with Crippen molar-refractivity contribution in [2.75, 3.05) is 6.54 Å². The molecule has 1 atom stereocenters. The lowest BCUT2D eigenvalue weighted by molar-refractivity contribution is 0.280. The van der Waals surface area contributed by atoms with Crippen molar-refractivity contribution in [2.24, 2.45) is 0 Å².